The first-order valence-electron chi connectivity index (χ1n) is 6.37. The minimum atomic E-state index is -0.560. The van der Waals surface area contributed by atoms with Crippen molar-refractivity contribution in [2.75, 3.05) is 6.54 Å². The van der Waals surface area contributed by atoms with Gasteiger partial charge in [-0.2, -0.15) is 0 Å². The van der Waals surface area contributed by atoms with Gasteiger partial charge in [-0.3, -0.25) is 4.98 Å². The van der Waals surface area contributed by atoms with E-state index < -0.39 is 11.6 Å². The van der Waals surface area contributed by atoms with Crippen molar-refractivity contribution < 1.29 is 8.78 Å². The molecule has 0 aliphatic heterocycles. The Balaban J connectivity index is 2.26. The number of pyridine rings is 1. The SMILES string of the molecule is CCNC(Cc1cncc(Br)c1)c1cc(F)cc(F)c1. The molecular formula is C15H15BrF2N2. The van der Waals surface area contributed by atoms with E-state index in [1.165, 1.54) is 12.1 Å². The van der Waals surface area contributed by atoms with Crippen molar-refractivity contribution in [3.05, 3.63) is 63.9 Å². The van der Waals surface area contributed by atoms with Crippen molar-refractivity contribution in [1.29, 1.82) is 0 Å². The van der Waals surface area contributed by atoms with Gasteiger partial charge in [-0.1, -0.05) is 6.92 Å². The molecule has 0 aliphatic carbocycles. The van der Waals surface area contributed by atoms with Gasteiger partial charge in [0, 0.05) is 29.0 Å². The fraction of sp³-hybridized carbons (Fsp3) is 0.267. The van der Waals surface area contributed by atoms with Crippen LogP contribution >= 0.6 is 15.9 Å². The van der Waals surface area contributed by atoms with Crippen molar-refractivity contribution in [1.82, 2.24) is 10.3 Å². The number of aromatic nitrogens is 1. The summed E-state index contributed by atoms with van der Waals surface area (Å²) in [5.74, 6) is -1.12. The van der Waals surface area contributed by atoms with Crippen LogP contribution in [0.4, 0.5) is 8.78 Å². The van der Waals surface area contributed by atoms with E-state index in [0.29, 0.717) is 18.5 Å². The Labute approximate surface area is 125 Å². The third kappa shape index (κ3) is 4.08. The van der Waals surface area contributed by atoms with Crippen LogP contribution in [0.15, 0.2) is 41.1 Å². The molecule has 0 radical (unpaired) electrons. The lowest BCUT2D eigenvalue weighted by molar-refractivity contribution is 0.528. The Morgan fingerprint density at radius 1 is 1.15 bits per heavy atom. The van der Waals surface area contributed by atoms with Crippen LogP contribution in [0.1, 0.15) is 24.1 Å². The molecule has 0 saturated carbocycles. The highest BCUT2D eigenvalue weighted by molar-refractivity contribution is 9.10. The van der Waals surface area contributed by atoms with E-state index in [0.717, 1.165) is 16.1 Å². The van der Waals surface area contributed by atoms with Gasteiger partial charge in [-0.15, -0.1) is 0 Å². The van der Waals surface area contributed by atoms with E-state index in [2.05, 4.69) is 26.2 Å². The van der Waals surface area contributed by atoms with Crippen LogP contribution in [0.2, 0.25) is 0 Å². The standard InChI is InChI=1S/C15H15BrF2N2/c1-2-20-15(4-10-3-12(16)9-19-8-10)11-5-13(17)7-14(18)6-11/h3,5-9,15,20H,2,4H2,1H3. The normalized spacial score (nSPS) is 12.4. The molecule has 1 aromatic carbocycles. The molecule has 106 valence electrons. The zero-order valence-electron chi connectivity index (χ0n) is 11.0. The lowest BCUT2D eigenvalue weighted by Crippen LogP contribution is -2.23. The van der Waals surface area contributed by atoms with E-state index >= 15 is 0 Å². The fourth-order valence-electron chi connectivity index (χ4n) is 2.13. The quantitative estimate of drug-likeness (QED) is 0.889. The first-order chi connectivity index (χ1) is 9.58. The maximum Gasteiger partial charge on any atom is 0.126 e. The third-order valence-electron chi connectivity index (χ3n) is 2.94. The predicted octanol–water partition coefficient (Wildman–Crippen LogP) is 4.02. The number of nitrogens with one attached hydrogen (secondary N) is 1. The van der Waals surface area contributed by atoms with E-state index in [-0.39, 0.29) is 6.04 Å². The zero-order valence-corrected chi connectivity index (χ0v) is 12.6. The molecule has 2 aromatic rings. The summed E-state index contributed by atoms with van der Waals surface area (Å²) in [6, 6.07) is 5.41. The Kier molecular flexibility index (Phi) is 5.20. The third-order valence-corrected chi connectivity index (χ3v) is 3.37. The van der Waals surface area contributed by atoms with Gasteiger partial charge < -0.3 is 5.32 Å². The molecule has 2 rings (SSSR count). The van der Waals surface area contributed by atoms with Crippen molar-refractivity contribution >= 4 is 15.9 Å². The molecule has 0 aliphatic rings. The van der Waals surface area contributed by atoms with Gasteiger partial charge in [0.1, 0.15) is 11.6 Å². The first-order valence-corrected chi connectivity index (χ1v) is 7.16. The maximum absolute atomic E-state index is 13.3. The second kappa shape index (κ2) is 6.90. The highest BCUT2D eigenvalue weighted by atomic mass is 79.9. The van der Waals surface area contributed by atoms with Crippen molar-refractivity contribution in [2.24, 2.45) is 0 Å². The zero-order chi connectivity index (χ0) is 14.5. The highest BCUT2D eigenvalue weighted by Crippen LogP contribution is 2.21. The van der Waals surface area contributed by atoms with E-state index in [9.17, 15) is 8.78 Å². The lowest BCUT2D eigenvalue weighted by Gasteiger charge is -2.18. The molecule has 1 heterocycles. The van der Waals surface area contributed by atoms with Gasteiger partial charge in [-0.05, 0) is 58.2 Å². The lowest BCUT2D eigenvalue weighted by atomic mass is 9.99. The summed E-state index contributed by atoms with van der Waals surface area (Å²) >= 11 is 3.37. The van der Waals surface area contributed by atoms with Crippen LogP contribution in [0.5, 0.6) is 0 Å². The van der Waals surface area contributed by atoms with Crippen molar-refractivity contribution in [3.8, 4) is 0 Å². The summed E-state index contributed by atoms with van der Waals surface area (Å²) in [4.78, 5) is 4.10. The largest absolute Gasteiger partial charge is 0.310 e. The summed E-state index contributed by atoms with van der Waals surface area (Å²) < 4.78 is 27.6. The average molecular weight is 341 g/mol. The minimum Gasteiger partial charge on any atom is -0.310 e. The highest BCUT2D eigenvalue weighted by Gasteiger charge is 2.14. The van der Waals surface area contributed by atoms with Crippen LogP contribution in [0.25, 0.3) is 0 Å². The van der Waals surface area contributed by atoms with Gasteiger partial charge in [0.2, 0.25) is 0 Å². The molecule has 1 unspecified atom stereocenters. The summed E-state index contributed by atoms with van der Waals surface area (Å²) in [5, 5.41) is 3.24. The summed E-state index contributed by atoms with van der Waals surface area (Å²) in [7, 11) is 0. The molecule has 1 aromatic heterocycles. The summed E-state index contributed by atoms with van der Waals surface area (Å²) in [6.07, 6.45) is 4.07. The molecule has 0 saturated heterocycles. The van der Waals surface area contributed by atoms with Crippen molar-refractivity contribution in [3.63, 3.8) is 0 Å². The smallest absolute Gasteiger partial charge is 0.126 e. The number of hydrogen-bond acceptors (Lipinski definition) is 2. The molecule has 0 fully saturated rings. The van der Waals surface area contributed by atoms with Crippen LogP contribution in [-0.2, 0) is 6.42 Å². The molecule has 2 nitrogen and oxygen atoms in total. The molecule has 1 N–H and O–H groups in total. The number of hydrogen-bond donors (Lipinski definition) is 1. The minimum absolute atomic E-state index is 0.152. The van der Waals surface area contributed by atoms with Gasteiger partial charge in [0.05, 0.1) is 0 Å². The van der Waals surface area contributed by atoms with Crippen LogP contribution in [0, 0.1) is 11.6 Å². The molecular weight excluding hydrogens is 326 g/mol. The number of benzene rings is 1. The first kappa shape index (κ1) is 15.1. The van der Waals surface area contributed by atoms with Gasteiger partial charge >= 0.3 is 0 Å². The van der Waals surface area contributed by atoms with E-state index in [4.69, 9.17) is 0 Å². The topological polar surface area (TPSA) is 24.9 Å². The number of nitrogens with zero attached hydrogens (tertiary/aromatic N) is 1. The van der Waals surface area contributed by atoms with Crippen LogP contribution in [0.3, 0.4) is 0 Å². The summed E-state index contributed by atoms with van der Waals surface area (Å²) in [5.41, 5.74) is 1.60. The maximum atomic E-state index is 13.3. The average Bonchev–Trinajstić information content (AvgIpc) is 2.37. The summed E-state index contributed by atoms with van der Waals surface area (Å²) in [6.45, 7) is 2.67. The Morgan fingerprint density at radius 3 is 2.45 bits per heavy atom. The van der Waals surface area contributed by atoms with E-state index in [1.807, 2.05) is 13.0 Å². The van der Waals surface area contributed by atoms with Gasteiger partial charge in [-0.25, -0.2) is 8.78 Å². The second-order valence-corrected chi connectivity index (χ2v) is 5.44. The monoisotopic (exact) mass is 340 g/mol. The van der Waals surface area contributed by atoms with Crippen molar-refractivity contribution in [2.45, 2.75) is 19.4 Å². The molecule has 1 atom stereocenters. The molecule has 5 heteroatoms. The van der Waals surface area contributed by atoms with Crippen LogP contribution < -0.4 is 5.32 Å². The predicted molar refractivity (Wildman–Crippen MR) is 78.4 cm³/mol. The molecule has 0 amide bonds. The Morgan fingerprint density at radius 2 is 1.85 bits per heavy atom. The Bertz CT molecular complexity index is 570. The molecule has 0 bridgehead atoms. The van der Waals surface area contributed by atoms with Gasteiger partial charge in [0.25, 0.3) is 0 Å². The van der Waals surface area contributed by atoms with E-state index in [1.54, 1.807) is 12.4 Å². The molecule has 0 spiro atoms. The second-order valence-electron chi connectivity index (χ2n) is 4.53. The van der Waals surface area contributed by atoms with Gasteiger partial charge in [0.15, 0.2) is 0 Å². The fourth-order valence-corrected chi connectivity index (χ4v) is 2.55. The van der Waals surface area contributed by atoms with Crippen LogP contribution in [-0.4, -0.2) is 11.5 Å². The molecule has 20 heavy (non-hydrogen) atoms. The Hall–Kier alpha value is -1.33. The number of likely N-dealkylation sites (N-methyl/N-ethyl adjacent to an activating group) is 1. The number of halogens is 3. The number of rotatable bonds is 5.